The van der Waals surface area contributed by atoms with Gasteiger partial charge in [0.05, 0.1) is 6.20 Å². The summed E-state index contributed by atoms with van der Waals surface area (Å²) < 4.78 is 24.4. The highest BCUT2D eigenvalue weighted by molar-refractivity contribution is 7.46. The van der Waals surface area contributed by atoms with Crippen molar-refractivity contribution in [3.05, 3.63) is 24.2 Å². The SMILES string of the molecule is O=P(O)(O)OCc1coc(-c2ccno2)n1. The van der Waals surface area contributed by atoms with Crippen LogP contribution >= 0.6 is 7.82 Å². The van der Waals surface area contributed by atoms with Crippen molar-refractivity contribution in [2.24, 2.45) is 0 Å². The summed E-state index contributed by atoms with van der Waals surface area (Å²) >= 11 is 0. The summed E-state index contributed by atoms with van der Waals surface area (Å²) in [6.45, 7) is -0.345. The molecule has 0 aromatic carbocycles. The maximum atomic E-state index is 10.4. The molecule has 9 heteroatoms. The van der Waals surface area contributed by atoms with Gasteiger partial charge in [-0.05, 0) is 0 Å². The molecule has 0 atom stereocenters. The van der Waals surface area contributed by atoms with Crippen LogP contribution in [-0.2, 0) is 15.7 Å². The Bertz CT molecular complexity index is 501. The van der Waals surface area contributed by atoms with E-state index in [1.54, 1.807) is 6.07 Å². The Morgan fingerprint density at radius 3 is 2.94 bits per heavy atom. The van der Waals surface area contributed by atoms with Crippen LogP contribution in [0.4, 0.5) is 0 Å². The smallest absolute Gasteiger partial charge is 0.442 e. The monoisotopic (exact) mass is 246 g/mol. The third kappa shape index (κ3) is 2.77. The van der Waals surface area contributed by atoms with E-state index in [-0.39, 0.29) is 18.2 Å². The molecule has 0 spiro atoms. The van der Waals surface area contributed by atoms with Crippen molar-refractivity contribution in [3.8, 4) is 11.7 Å². The Kier molecular flexibility index (Phi) is 2.88. The molecule has 0 saturated heterocycles. The van der Waals surface area contributed by atoms with Crippen LogP contribution in [0.3, 0.4) is 0 Å². The molecule has 8 nitrogen and oxygen atoms in total. The van der Waals surface area contributed by atoms with Crippen molar-refractivity contribution in [3.63, 3.8) is 0 Å². The van der Waals surface area contributed by atoms with Crippen LogP contribution in [0.2, 0.25) is 0 Å². The maximum Gasteiger partial charge on any atom is 0.469 e. The second-order valence-electron chi connectivity index (χ2n) is 2.78. The lowest BCUT2D eigenvalue weighted by Crippen LogP contribution is -1.90. The van der Waals surface area contributed by atoms with Gasteiger partial charge in [0.25, 0.3) is 5.89 Å². The first-order valence-electron chi connectivity index (χ1n) is 4.10. The summed E-state index contributed by atoms with van der Waals surface area (Å²) in [6.07, 6.45) is 2.64. The lowest BCUT2D eigenvalue weighted by molar-refractivity contribution is 0.187. The van der Waals surface area contributed by atoms with Gasteiger partial charge in [0.1, 0.15) is 18.6 Å². The van der Waals surface area contributed by atoms with Gasteiger partial charge in [-0.25, -0.2) is 9.55 Å². The lowest BCUT2D eigenvalue weighted by atomic mass is 10.4. The fraction of sp³-hybridized carbons (Fsp3) is 0.143. The first kappa shape index (κ1) is 11.0. The number of aromatic nitrogens is 2. The molecule has 86 valence electrons. The minimum atomic E-state index is -4.50. The van der Waals surface area contributed by atoms with Gasteiger partial charge in [-0.2, -0.15) is 0 Å². The minimum absolute atomic E-state index is 0.168. The number of oxazole rings is 1. The van der Waals surface area contributed by atoms with Gasteiger partial charge in [0.2, 0.25) is 5.76 Å². The van der Waals surface area contributed by atoms with Gasteiger partial charge in [-0.1, -0.05) is 5.16 Å². The largest absolute Gasteiger partial charge is 0.469 e. The van der Waals surface area contributed by atoms with Crippen LogP contribution in [0.1, 0.15) is 5.69 Å². The zero-order valence-electron chi connectivity index (χ0n) is 7.81. The predicted octanol–water partition coefficient (Wildman–Crippen LogP) is 0.939. The van der Waals surface area contributed by atoms with E-state index < -0.39 is 7.82 Å². The zero-order valence-corrected chi connectivity index (χ0v) is 8.70. The van der Waals surface area contributed by atoms with Crippen molar-refractivity contribution < 1.29 is 27.8 Å². The van der Waals surface area contributed by atoms with Crippen molar-refractivity contribution in [2.45, 2.75) is 6.61 Å². The fourth-order valence-electron chi connectivity index (χ4n) is 0.963. The molecule has 2 heterocycles. The quantitative estimate of drug-likeness (QED) is 0.765. The Labute approximate surface area is 89.1 Å². The molecule has 0 aliphatic heterocycles. The van der Waals surface area contributed by atoms with E-state index in [0.29, 0.717) is 5.76 Å². The summed E-state index contributed by atoms with van der Waals surface area (Å²) in [5, 5.41) is 3.46. The van der Waals surface area contributed by atoms with Gasteiger partial charge in [-0.15, -0.1) is 0 Å². The Morgan fingerprint density at radius 2 is 2.31 bits per heavy atom. The van der Waals surface area contributed by atoms with Gasteiger partial charge in [0.15, 0.2) is 0 Å². The Balaban J connectivity index is 2.06. The number of nitrogens with zero attached hydrogens (tertiary/aromatic N) is 2. The van der Waals surface area contributed by atoms with E-state index in [1.807, 2.05) is 0 Å². The van der Waals surface area contributed by atoms with Crippen molar-refractivity contribution in [1.82, 2.24) is 10.1 Å². The second-order valence-corrected chi connectivity index (χ2v) is 4.02. The Morgan fingerprint density at radius 1 is 1.50 bits per heavy atom. The third-order valence-electron chi connectivity index (χ3n) is 1.58. The van der Waals surface area contributed by atoms with Crippen molar-refractivity contribution in [1.29, 1.82) is 0 Å². The van der Waals surface area contributed by atoms with E-state index in [1.165, 1.54) is 12.5 Å². The molecule has 0 fully saturated rings. The summed E-state index contributed by atoms with van der Waals surface area (Å²) in [5.41, 5.74) is 0.245. The molecule has 0 unspecified atom stereocenters. The van der Waals surface area contributed by atoms with Crippen LogP contribution in [0.25, 0.3) is 11.7 Å². The van der Waals surface area contributed by atoms with E-state index in [2.05, 4.69) is 14.7 Å². The van der Waals surface area contributed by atoms with Crippen LogP contribution in [0.5, 0.6) is 0 Å². The first-order chi connectivity index (χ1) is 7.54. The molecule has 0 aliphatic carbocycles. The second kappa shape index (κ2) is 4.18. The molecule has 0 bridgehead atoms. The van der Waals surface area contributed by atoms with Gasteiger partial charge < -0.3 is 18.7 Å². The molecule has 0 radical (unpaired) electrons. The maximum absolute atomic E-state index is 10.4. The van der Waals surface area contributed by atoms with E-state index >= 15 is 0 Å². The van der Waals surface area contributed by atoms with E-state index in [4.69, 9.17) is 18.7 Å². The molecule has 16 heavy (non-hydrogen) atoms. The number of phosphoric acid groups is 1. The summed E-state index contributed by atoms with van der Waals surface area (Å²) in [7, 11) is -4.50. The highest BCUT2D eigenvalue weighted by Crippen LogP contribution is 2.36. The number of hydrogen-bond acceptors (Lipinski definition) is 6. The number of hydrogen-bond donors (Lipinski definition) is 2. The van der Waals surface area contributed by atoms with Gasteiger partial charge in [-0.3, -0.25) is 4.52 Å². The zero-order chi connectivity index (χ0) is 11.6. The topological polar surface area (TPSA) is 119 Å². The van der Waals surface area contributed by atoms with Gasteiger partial charge in [0, 0.05) is 6.07 Å². The average molecular weight is 246 g/mol. The van der Waals surface area contributed by atoms with Crippen LogP contribution in [-0.4, -0.2) is 19.9 Å². The Hall–Kier alpha value is -1.47. The van der Waals surface area contributed by atoms with Gasteiger partial charge >= 0.3 is 7.82 Å². The molecule has 0 amide bonds. The molecule has 2 aromatic heterocycles. The highest BCUT2D eigenvalue weighted by Gasteiger charge is 2.16. The standard InChI is InChI=1S/C7H7N2O6P/c10-16(11,12)14-4-5-3-13-7(9-5)6-1-2-8-15-6/h1-3H,4H2,(H2,10,11,12). The van der Waals surface area contributed by atoms with E-state index in [0.717, 1.165) is 0 Å². The summed E-state index contributed by atoms with van der Waals surface area (Å²) in [4.78, 5) is 20.8. The van der Waals surface area contributed by atoms with Crippen molar-refractivity contribution >= 4 is 7.82 Å². The molecule has 0 aliphatic rings. The van der Waals surface area contributed by atoms with Crippen LogP contribution in [0, 0.1) is 0 Å². The minimum Gasteiger partial charge on any atom is -0.442 e. The highest BCUT2D eigenvalue weighted by atomic mass is 31.2. The lowest BCUT2D eigenvalue weighted by Gasteiger charge is -2.00. The molecule has 2 aromatic rings. The van der Waals surface area contributed by atoms with E-state index in [9.17, 15) is 4.57 Å². The van der Waals surface area contributed by atoms with Crippen LogP contribution in [0.15, 0.2) is 27.5 Å². The molecule has 0 saturated carbocycles. The molecular weight excluding hydrogens is 239 g/mol. The van der Waals surface area contributed by atoms with Crippen molar-refractivity contribution in [2.75, 3.05) is 0 Å². The first-order valence-corrected chi connectivity index (χ1v) is 5.63. The summed E-state index contributed by atoms with van der Waals surface area (Å²) in [5.74, 6) is 0.490. The average Bonchev–Trinajstić information content (AvgIpc) is 2.84. The molecular formula is C7H7N2O6P. The normalized spacial score (nSPS) is 11.9. The number of phosphoric ester groups is 1. The number of rotatable bonds is 4. The van der Waals surface area contributed by atoms with Crippen LogP contribution < -0.4 is 0 Å². The predicted molar refractivity (Wildman–Crippen MR) is 48.8 cm³/mol. The fourth-order valence-corrected chi connectivity index (χ4v) is 1.26. The third-order valence-corrected chi connectivity index (χ3v) is 2.05. The molecule has 2 rings (SSSR count). The summed E-state index contributed by atoms with van der Waals surface area (Å²) in [6, 6.07) is 1.54. The molecule has 2 N–H and O–H groups in total.